The fourth-order valence-electron chi connectivity index (χ4n) is 3.91. The summed E-state index contributed by atoms with van der Waals surface area (Å²) in [4.78, 5) is 9.52. The summed E-state index contributed by atoms with van der Waals surface area (Å²) in [6, 6.07) is 0. The van der Waals surface area contributed by atoms with Gasteiger partial charge in [-0.05, 0) is 24.8 Å². The molecule has 0 unspecified atom stereocenters. The molecule has 0 N–H and O–H groups in total. The quantitative estimate of drug-likeness (QED) is 0.828. The number of nitrogens with zero attached hydrogens (tertiary/aromatic N) is 3. The fourth-order valence-corrected chi connectivity index (χ4v) is 3.91. The lowest BCUT2D eigenvalue weighted by Gasteiger charge is -2.19. The molecular weight excluding hydrogens is 258 g/mol. The normalized spacial score (nSPS) is 19.0. The number of fused-ring (bicyclic) bond motifs is 3. The topological polar surface area (TPSA) is 30.2 Å². The molecule has 0 amide bonds. The second-order valence-corrected chi connectivity index (χ2v) is 6.47. The van der Waals surface area contributed by atoms with Crippen molar-refractivity contribution in [2.45, 2.75) is 64.2 Å². The molecule has 1 saturated carbocycles. The van der Waals surface area contributed by atoms with Gasteiger partial charge >= 0.3 is 0 Å². The van der Waals surface area contributed by atoms with E-state index < -0.39 is 0 Å². The van der Waals surface area contributed by atoms with Gasteiger partial charge in [0.2, 0.25) is 0 Å². The minimum atomic E-state index is 0.661. The van der Waals surface area contributed by atoms with E-state index in [1.54, 1.807) is 0 Å². The molecule has 0 saturated heterocycles. The predicted molar refractivity (Wildman–Crippen MR) is 85.4 cm³/mol. The van der Waals surface area contributed by atoms with Gasteiger partial charge in [0, 0.05) is 18.5 Å². The molecule has 2 heterocycles. The summed E-state index contributed by atoms with van der Waals surface area (Å²) in [5, 5.41) is 0. The van der Waals surface area contributed by atoms with Crippen LogP contribution in [-0.4, -0.2) is 14.4 Å². The standard InChI is InChI=1S/C18H23N3/c1-2-6-14-9-10-15-18(14)21-12-16(20-17(21)11-19-15)13-7-4-3-5-8-13/h9,11-13H,2-8,10H2,1H3. The van der Waals surface area contributed by atoms with E-state index in [9.17, 15) is 0 Å². The first-order chi connectivity index (χ1) is 10.4. The Morgan fingerprint density at radius 2 is 2.10 bits per heavy atom. The molecule has 0 aliphatic heterocycles. The van der Waals surface area contributed by atoms with Gasteiger partial charge in [-0.1, -0.05) is 38.7 Å². The van der Waals surface area contributed by atoms with Crippen LogP contribution in [0.2, 0.25) is 0 Å². The largest absolute Gasteiger partial charge is 0.297 e. The van der Waals surface area contributed by atoms with Crippen molar-refractivity contribution in [3.8, 4) is 0 Å². The molecule has 0 atom stereocenters. The summed E-state index contributed by atoms with van der Waals surface area (Å²) < 4.78 is 2.31. The van der Waals surface area contributed by atoms with Gasteiger partial charge in [0.15, 0.2) is 5.65 Å². The second kappa shape index (κ2) is 5.28. The zero-order valence-electron chi connectivity index (χ0n) is 12.8. The summed E-state index contributed by atoms with van der Waals surface area (Å²) >= 11 is 0. The Morgan fingerprint density at radius 3 is 2.90 bits per heavy atom. The summed E-state index contributed by atoms with van der Waals surface area (Å²) in [6.07, 6.45) is 16.6. The number of rotatable bonds is 3. The van der Waals surface area contributed by atoms with Crippen LogP contribution in [0.4, 0.5) is 0 Å². The van der Waals surface area contributed by atoms with E-state index in [2.05, 4.69) is 28.6 Å². The Kier molecular flexibility index (Phi) is 3.28. The lowest BCUT2D eigenvalue weighted by atomic mass is 9.87. The number of aromatic nitrogens is 3. The molecule has 110 valence electrons. The molecule has 3 heteroatoms. The zero-order valence-corrected chi connectivity index (χ0v) is 12.8. The van der Waals surface area contributed by atoms with E-state index >= 15 is 0 Å². The fraction of sp³-hybridized carbons (Fsp3) is 0.556. The highest BCUT2D eigenvalue weighted by Crippen LogP contribution is 2.34. The Balaban J connectivity index is 1.78. The van der Waals surface area contributed by atoms with Crippen LogP contribution >= 0.6 is 0 Å². The SMILES string of the molecule is CCCC1=CCc2ncc3nc(C4CCCCC4)cn3c21. The van der Waals surface area contributed by atoms with E-state index in [0.29, 0.717) is 5.92 Å². The molecule has 21 heavy (non-hydrogen) atoms. The van der Waals surface area contributed by atoms with Crippen LogP contribution in [0.1, 0.15) is 74.9 Å². The number of imidazole rings is 1. The summed E-state index contributed by atoms with van der Waals surface area (Å²) in [5.74, 6) is 0.661. The molecule has 2 aromatic heterocycles. The van der Waals surface area contributed by atoms with Crippen LogP contribution in [0.5, 0.6) is 0 Å². The molecule has 2 aliphatic carbocycles. The molecule has 2 aromatic rings. The van der Waals surface area contributed by atoms with Gasteiger partial charge in [0.25, 0.3) is 0 Å². The van der Waals surface area contributed by atoms with Crippen molar-refractivity contribution in [1.29, 1.82) is 0 Å². The number of allylic oxidation sites excluding steroid dienone is 2. The first-order valence-corrected chi connectivity index (χ1v) is 8.43. The Labute approximate surface area is 126 Å². The molecule has 4 rings (SSSR count). The second-order valence-electron chi connectivity index (χ2n) is 6.47. The molecule has 0 spiro atoms. The smallest absolute Gasteiger partial charge is 0.156 e. The van der Waals surface area contributed by atoms with Crippen LogP contribution in [0, 0.1) is 0 Å². The summed E-state index contributed by atoms with van der Waals surface area (Å²) in [6.45, 7) is 2.24. The lowest BCUT2D eigenvalue weighted by Crippen LogP contribution is -2.04. The van der Waals surface area contributed by atoms with Gasteiger partial charge in [-0.2, -0.15) is 0 Å². The van der Waals surface area contributed by atoms with Crippen molar-refractivity contribution in [2.75, 3.05) is 0 Å². The highest BCUT2D eigenvalue weighted by molar-refractivity contribution is 5.71. The van der Waals surface area contributed by atoms with Gasteiger partial charge in [-0.25, -0.2) is 4.98 Å². The average molecular weight is 281 g/mol. The van der Waals surface area contributed by atoms with Crippen molar-refractivity contribution in [3.63, 3.8) is 0 Å². The van der Waals surface area contributed by atoms with Crippen molar-refractivity contribution < 1.29 is 0 Å². The Morgan fingerprint density at radius 1 is 1.24 bits per heavy atom. The third kappa shape index (κ3) is 2.19. The molecule has 2 aliphatic rings. The molecule has 0 radical (unpaired) electrons. The minimum Gasteiger partial charge on any atom is -0.297 e. The van der Waals surface area contributed by atoms with E-state index in [1.165, 1.54) is 61.2 Å². The van der Waals surface area contributed by atoms with E-state index in [4.69, 9.17) is 4.98 Å². The maximum absolute atomic E-state index is 4.88. The minimum absolute atomic E-state index is 0.661. The highest BCUT2D eigenvalue weighted by atomic mass is 15.0. The molecular formula is C18H23N3. The van der Waals surface area contributed by atoms with Crippen LogP contribution < -0.4 is 0 Å². The Bertz CT molecular complexity index is 690. The van der Waals surface area contributed by atoms with Crippen LogP contribution in [-0.2, 0) is 6.42 Å². The zero-order chi connectivity index (χ0) is 14.2. The number of hydrogen-bond acceptors (Lipinski definition) is 2. The number of hydrogen-bond donors (Lipinski definition) is 0. The van der Waals surface area contributed by atoms with Crippen molar-refractivity contribution in [3.05, 3.63) is 35.6 Å². The Hall–Kier alpha value is -1.64. The first-order valence-electron chi connectivity index (χ1n) is 8.43. The van der Waals surface area contributed by atoms with Crippen molar-refractivity contribution in [2.24, 2.45) is 0 Å². The van der Waals surface area contributed by atoms with Gasteiger partial charge in [0.05, 0.1) is 23.3 Å². The third-order valence-corrected chi connectivity index (χ3v) is 4.99. The van der Waals surface area contributed by atoms with Crippen LogP contribution in [0.15, 0.2) is 18.5 Å². The predicted octanol–water partition coefficient (Wildman–Crippen LogP) is 4.52. The van der Waals surface area contributed by atoms with Gasteiger partial charge in [0.1, 0.15) is 0 Å². The molecule has 0 aromatic carbocycles. The first kappa shape index (κ1) is 13.1. The van der Waals surface area contributed by atoms with Gasteiger partial charge in [-0.3, -0.25) is 9.38 Å². The highest BCUT2D eigenvalue weighted by Gasteiger charge is 2.22. The average Bonchev–Trinajstić information content (AvgIpc) is 3.12. The van der Waals surface area contributed by atoms with Gasteiger partial charge in [-0.15, -0.1) is 0 Å². The summed E-state index contributed by atoms with van der Waals surface area (Å²) in [5.41, 5.74) is 6.31. The molecule has 0 bridgehead atoms. The van der Waals surface area contributed by atoms with Crippen LogP contribution in [0.25, 0.3) is 11.2 Å². The van der Waals surface area contributed by atoms with Crippen molar-refractivity contribution in [1.82, 2.24) is 14.4 Å². The van der Waals surface area contributed by atoms with Gasteiger partial charge < -0.3 is 0 Å². The van der Waals surface area contributed by atoms with E-state index in [0.717, 1.165) is 18.5 Å². The third-order valence-electron chi connectivity index (χ3n) is 4.99. The molecule has 1 fully saturated rings. The maximum atomic E-state index is 4.88. The molecule has 3 nitrogen and oxygen atoms in total. The van der Waals surface area contributed by atoms with Crippen LogP contribution in [0.3, 0.4) is 0 Å². The van der Waals surface area contributed by atoms with E-state index in [-0.39, 0.29) is 0 Å². The van der Waals surface area contributed by atoms with E-state index in [1.807, 2.05) is 6.20 Å². The summed E-state index contributed by atoms with van der Waals surface area (Å²) in [7, 11) is 0. The monoisotopic (exact) mass is 281 g/mol. The van der Waals surface area contributed by atoms with Crippen molar-refractivity contribution >= 4 is 11.2 Å². The lowest BCUT2D eigenvalue weighted by molar-refractivity contribution is 0.438. The maximum Gasteiger partial charge on any atom is 0.156 e.